The van der Waals surface area contributed by atoms with Gasteiger partial charge in [-0.1, -0.05) is 18.2 Å². The van der Waals surface area contributed by atoms with Crippen LogP contribution >= 0.6 is 0 Å². The van der Waals surface area contributed by atoms with Crippen LogP contribution in [0.4, 0.5) is 0 Å². The molecule has 2 aromatic rings. The zero-order valence-electron chi connectivity index (χ0n) is 11.2. The lowest BCUT2D eigenvalue weighted by atomic mass is 9.99. The largest absolute Gasteiger partial charge is 0.496 e. The van der Waals surface area contributed by atoms with Crippen molar-refractivity contribution in [2.75, 3.05) is 14.2 Å². The summed E-state index contributed by atoms with van der Waals surface area (Å²) in [6.45, 7) is 0. The van der Waals surface area contributed by atoms with E-state index in [-0.39, 0.29) is 6.04 Å². The van der Waals surface area contributed by atoms with Crippen molar-refractivity contribution in [3.63, 3.8) is 0 Å². The summed E-state index contributed by atoms with van der Waals surface area (Å²) in [5.41, 5.74) is 8.29. The first kappa shape index (κ1) is 13.4. The van der Waals surface area contributed by atoms with Crippen molar-refractivity contribution in [1.29, 1.82) is 0 Å². The smallest absolute Gasteiger partial charge is 0.141 e. The molecule has 0 fully saturated rings. The van der Waals surface area contributed by atoms with Gasteiger partial charge in [0.05, 0.1) is 20.4 Å². The summed E-state index contributed by atoms with van der Waals surface area (Å²) in [6, 6.07) is 9.61. The molecule has 1 heterocycles. The molecule has 0 aliphatic rings. The number of para-hydroxylation sites is 1. The maximum Gasteiger partial charge on any atom is 0.141 e. The Bertz CT molecular complexity index is 543. The molecule has 1 unspecified atom stereocenters. The average molecular weight is 258 g/mol. The first-order valence-electron chi connectivity index (χ1n) is 6.11. The monoisotopic (exact) mass is 258 g/mol. The maximum absolute atomic E-state index is 6.26. The zero-order chi connectivity index (χ0) is 13.7. The lowest BCUT2D eigenvalue weighted by Crippen LogP contribution is -2.15. The van der Waals surface area contributed by atoms with Crippen LogP contribution in [0.3, 0.4) is 0 Å². The number of nitrogens with zero attached hydrogens (tertiary/aromatic N) is 1. The van der Waals surface area contributed by atoms with Crippen LogP contribution in [0, 0.1) is 0 Å². The number of methoxy groups -OCH3 is 2. The topological polar surface area (TPSA) is 57.4 Å². The van der Waals surface area contributed by atoms with E-state index in [0.29, 0.717) is 12.2 Å². The summed E-state index contributed by atoms with van der Waals surface area (Å²) in [7, 11) is 3.29. The van der Waals surface area contributed by atoms with E-state index in [9.17, 15) is 0 Å². The molecular formula is C15H18N2O2. The quantitative estimate of drug-likeness (QED) is 0.894. The van der Waals surface area contributed by atoms with Gasteiger partial charge in [0, 0.05) is 17.8 Å². The standard InChI is InChI=1S/C15H18N2O2/c1-18-14-6-4-3-5-11(14)9-13(16)12-7-8-17-10-15(12)19-2/h3-8,10,13H,9,16H2,1-2H3. The van der Waals surface area contributed by atoms with Crippen molar-refractivity contribution in [2.45, 2.75) is 12.5 Å². The summed E-state index contributed by atoms with van der Waals surface area (Å²) in [5, 5.41) is 0. The van der Waals surface area contributed by atoms with Gasteiger partial charge in [-0.05, 0) is 24.1 Å². The van der Waals surface area contributed by atoms with E-state index in [1.165, 1.54) is 0 Å². The molecule has 0 spiro atoms. The molecule has 1 aromatic heterocycles. The molecule has 19 heavy (non-hydrogen) atoms. The van der Waals surface area contributed by atoms with Crippen LogP contribution in [0.15, 0.2) is 42.7 Å². The van der Waals surface area contributed by atoms with Gasteiger partial charge in [-0.25, -0.2) is 0 Å². The van der Waals surface area contributed by atoms with E-state index < -0.39 is 0 Å². The molecule has 2 N–H and O–H groups in total. The third kappa shape index (κ3) is 3.03. The Morgan fingerprint density at radius 2 is 1.84 bits per heavy atom. The summed E-state index contributed by atoms with van der Waals surface area (Å²) < 4.78 is 10.6. The van der Waals surface area contributed by atoms with Crippen molar-refractivity contribution in [1.82, 2.24) is 4.98 Å². The van der Waals surface area contributed by atoms with Gasteiger partial charge in [-0.2, -0.15) is 0 Å². The molecule has 4 heteroatoms. The minimum Gasteiger partial charge on any atom is -0.496 e. The SMILES string of the molecule is COc1ccccc1CC(N)c1ccncc1OC. The highest BCUT2D eigenvalue weighted by molar-refractivity contribution is 5.38. The molecule has 0 saturated carbocycles. The third-order valence-electron chi connectivity index (χ3n) is 3.07. The van der Waals surface area contributed by atoms with Gasteiger partial charge in [0.2, 0.25) is 0 Å². The molecular weight excluding hydrogens is 240 g/mol. The fourth-order valence-electron chi connectivity index (χ4n) is 2.09. The highest BCUT2D eigenvalue weighted by Crippen LogP contribution is 2.27. The van der Waals surface area contributed by atoms with Crippen LogP contribution in [0.1, 0.15) is 17.2 Å². The van der Waals surface area contributed by atoms with E-state index in [0.717, 1.165) is 16.9 Å². The number of benzene rings is 1. The molecule has 0 saturated heterocycles. The Morgan fingerprint density at radius 3 is 2.58 bits per heavy atom. The molecule has 1 atom stereocenters. The van der Waals surface area contributed by atoms with E-state index >= 15 is 0 Å². The Hall–Kier alpha value is -2.07. The van der Waals surface area contributed by atoms with Gasteiger partial charge in [0.15, 0.2) is 0 Å². The van der Waals surface area contributed by atoms with Gasteiger partial charge >= 0.3 is 0 Å². The highest BCUT2D eigenvalue weighted by atomic mass is 16.5. The first-order chi connectivity index (χ1) is 9.26. The second-order valence-electron chi connectivity index (χ2n) is 4.24. The normalized spacial score (nSPS) is 11.9. The molecule has 0 bridgehead atoms. The number of hydrogen-bond acceptors (Lipinski definition) is 4. The number of rotatable bonds is 5. The Kier molecular flexibility index (Phi) is 4.36. The van der Waals surface area contributed by atoms with Crippen LogP contribution in [0.5, 0.6) is 11.5 Å². The zero-order valence-corrected chi connectivity index (χ0v) is 11.2. The first-order valence-corrected chi connectivity index (χ1v) is 6.11. The average Bonchev–Trinajstić information content (AvgIpc) is 2.47. The maximum atomic E-state index is 6.26. The predicted molar refractivity (Wildman–Crippen MR) is 74.4 cm³/mol. The van der Waals surface area contributed by atoms with Gasteiger partial charge in [-0.15, -0.1) is 0 Å². The van der Waals surface area contributed by atoms with Crippen molar-refractivity contribution >= 4 is 0 Å². The molecule has 2 rings (SSSR count). The van der Waals surface area contributed by atoms with Crippen LogP contribution in [0.2, 0.25) is 0 Å². The Balaban J connectivity index is 2.23. The third-order valence-corrected chi connectivity index (χ3v) is 3.07. The molecule has 0 amide bonds. The van der Waals surface area contributed by atoms with Crippen LogP contribution < -0.4 is 15.2 Å². The van der Waals surface area contributed by atoms with Gasteiger partial charge in [0.1, 0.15) is 11.5 Å². The highest BCUT2D eigenvalue weighted by Gasteiger charge is 2.14. The van der Waals surface area contributed by atoms with Crippen LogP contribution in [0.25, 0.3) is 0 Å². The molecule has 0 aliphatic carbocycles. The van der Waals surface area contributed by atoms with E-state index in [4.69, 9.17) is 15.2 Å². The number of ether oxygens (including phenoxy) is 2. The minimum absolute atomic E-state index is 0.158. The second kappa shape index (κ2) is 6.20. The lowest BCUT2D eigenvalue weighted by Gasteiger charge is -2.16. The lowest BCUT2D eigenvalue weighted by molar-refractivity contribution is 0.399. The predicted octanol–water partition coefficient (Wildman–Crippen LogP) is 2.34. The van der Waals surface area contributed by atoms with Crippen molar-refractivity contribution in [3.8, 4) is 11.5 Å². The molecule has 0 aliphatic heterocycles. The molecule has 4 nitrogen and oxygen atoms in total. The summed E-state index contributed by atoms with van der Waals surface area (Å²) in [6.07, 6.45) is 4.09. The van der Waals surface area contributed by atoms with Gasteiger partial charge in [0.25, 0.3) is 0 Å². The van der Waals surface area contributed by atoms with Crippen LogP contribution in [-0.2, 0) is 6.42 Å². The van der Waals surface area contributed by atoms with E-state index in [1.54, 1.807) is 26.6 Å². The number of aromatic nitrogens is 1. The van der Waals surface area contributed by atoms with E-state index in [1.807, 2.05) is 30.3 Å². The summed E-state index contributed by atoms with van der Waals surface area (Å²) in [4.78, 5) is 4.03. The molecule has 0 radical (unpaired) electrons. The Morgan fingerprint density at radius 1 is 1.11 bits per heavy atom. The molecule has 100 valence electrons. The number of nitrogens with two attached hydrogens (primary N) is 1. The van der Waals surface area contributed by atoms with E-state index in [2.05, 4.69) is 4.98 Å². The Labute approximate surface area is 113 Å². The fourth-order valence-corrected chi connectivity index (χ4v) is 2.09. The summed E-state index contributed by atoms with van der Waals surface area (Å²) in [5.74, 6) is 1.57. The number of pyridine rings is 1. The summed E-state index contributed by atoms with van der Waals surface area (Å²) >= 11 is 0. The fraction of sp³-hybridized carbons (Fsp3) is 0.267. The van der Waals surface area contributed by atoms with Crippen LogP contribution in [-0.4, -0.2) is 19.2 Å². The molecule has 1 aromatic carbocycles. The number of hydrogen-bond donors (Lipinski definition) is 1. The van der Waals surface area contributed by atoms with Gasteiger partial charge in [-0.3, -0.25) is 4.98 Å². The van der Waals surface area contributed by atoms with Crippen molar-refractivity contribution in [2.24, 2.45) is 5.73 Å². The van der Waals surface area contributed by atoms with Crippen molar-refractivity contribution in [3.05, 3.63) is 53.9 Å². The van der Waals surface area contributed by atoms with Gasteiger partial charge < -0.3 is 15.2 Å². The van der Waals surface area contributed by atoms with Crippen molar-refractivity contribution < 1.29 is 9.47 Å². The second-order valence-corrected chi connectivity index (χ2v) is 4.24. The minimum atomic E-state index is -0.158.